The molecule has 0 atom stereocenters. The zero-order valence-electron chi connectivity index (χ0n) is 12.2. The molecule has 19 heavy (non-hydrogen) atoms. The van der Waals surface area contributed by atoms with Gasteiger partial charge in [-0.2, -0.15) is 4.72 Å². The lowest BCUT2D eigenvalue weighted by atomic mass is 10.1. The highest BCUT2D eigenvalue weighted by molar-refractivity contribution is 7.89. The fourth-order valence-corrected chi connectivity index (χ4v) is 3.62. The second-order valence-corrected chi connectivity index (χ2v) is 7.12. The maximum absolute atomic E-state index is 12.3. The first kappa shape index (κ1) is 16.1. The summed E-state index contributed by atoms with van der Waals surface area (Å²) in [4.78, 5) is 1.69. The number of quaternary nitrogens is 1. The zero-order valence-corrected chi connectivity index (χ0v) is 13.0. The van der Waals surface area contributed by atoms with Crippen molar-refractivity contribution in [2.75, 3.05) is 19.6 Å². The van der Waals surface area contributed by atoms with E-state index in [-0.39, 0.29) is 0 Å². The molecule has 0 amide bonds. The molecule has 0 aliphatic carbocycles. The van der Waals surface area contributed by atoms with Gasteiger partial charge in [0.05, 0.1) is 30.1 Å². The Hall–Kier alpha value is -0.910. The molecule has 0 bridgehead atoms. The second kappa shape index (κ2) is 6.50. The van der Waals surface area contributed by atoms with Gasteiger partial charge in [0.1, 0.15) is 0 Å². The molecule has 0 radical (unpaired) electrons. The van der Waals surface area contributed by atoms with Crippen molar-refractivity contribution < 1.29 is 13.3 Å². The minimum atomic E-state index is -3.44. The van der Waals surface area contributed by atoms with Crippen molar-refractivity contribution in [3.8, 4) is 0 Å². The van der Waals surface area contributed by atoms with E-state index < -0.39 is 15.6 Å². The number of benzene rings is 1. The molecule has 0 fully saturated rings. The van der Waals surface area contributed by atoms with E-state index in [0.717, 1.165) is 19.6 Å². The Kier molecular flexibility index (Phi) is 5.52. The van der Waals surface area contributed by atoms with Gasteiger partial charge in [-0.3, -0.25) is 0 Å². The molecule has 0 unspecified atom stereocenters. The molecular formula is C14H25N2O2S+. The third kappa shape index (κ3) is 4.93. The lowest BCUT2D eigenvalue weighted by Crippen LogP contribution is -3.13. The van der Waals surface area contributed by atoms with Gasteiger partial charge in [0, 0.05) is 0 Å². The fourth-order valence-electron chi connectivity index (χ4n) is 2.18. The van der Waals surface area contributed by atoms with Crippen LogP contribution in [0.15, 0.2) is 35.2 Å². The van der Waals surface area contributed by atoms with Crippen molar-refractivity contribution >= 4 is 10.0 Å². The third-order valence-electron chi connectivity index (χ3n) is 3.16. The molecule has 0 aliphatic heterocycles. The van der Waals surface area contributed by atoms with E-state index in [4.69, 9.17) is 0 Å². The van der Waals surface area contributed by atoms with Crippen LogP contribution in [0.2, 0.25) is 0 Å². The van der Waals surface area contributed by atoms with E-state index >= 15 is 0 Å². The molecule has 0 aliphatic rings. The number of nitrogens with one attached hydrogen (secondary N) is 2. The quantitative estimate of drug-likeness (QED) is 0.773. The standard InChI is InChI=1S/C14H24N2O2S/c1-5-16(6-2)12-14(3,4)15-19(17,18)13-10-8-7-9-11-13/h7-11,15H,5-6,12H2,1-4H3/p+1. The van der Waals surface area contributed by atoms with Gasteiger partial charge >= 0.3 is 0 Å². The Bertz CT molecular complexity index is 479. The van der Waals surface area contributed by atoms with Crippen LogP contribution in [0.5, 0.6) is 0 Å². The van der Waals surface area contributed by atoms with Gasteiger partial charge in [0.25, 0.3) is 0 Å². The van der Waals surface area contributed by atoms with Crippen molar-refractivity contribution in [1.29, 1.82) is 0 Å². The van der Waals surface area contributed by atoms with Gasteiger partial charge in [-0.15, -0.1) is 0 Å². The van der Waals surface area contributed by atoms with Crippen LogP contribution in [0.4, 0.5) is 0 Å². The van der Waals surface area contributed by atoms with Crippen LogP contribution in [-0.4, -0.2) is 33.6 Å². The average molecular weight is 285 g/mol. The number of hydrogen-bond donors (Lipinski definition) is 2. The van der Waals surface area contributed by atoms with Crippen LogP contribution < -0.4 is 9.62 Å². The number of sulfonamides is 1. The monoisotopic (exact) mass is 285 g/mol. The van der Waals surface area contributed by atoms with Crippen LogP contribution in [0.25, 0.3) is 0 Å². The van der Waals surface area contributed by atoms with Crippen LogP contribution >= 0.6 is 0 Å². The summed E-state index contributed by atoms with van der Waals surface area (Å²) in [5.41, 5.74) is -0.462. The van der Waals surface area contributed by atoms with Crippen molar-refractivity contribution in [3.63, 3.8) is 0 Å². The fraction of sp³-hybridized carbons (Fsp3) is 0.571. The van der Waals surface area contributed by atoms with Crippen LogP contribution in [0.1, 0.15) is 27.7 Å². The third-order valence-corrected chi connectivity index (χ3v) is 4.87. The minimum Gasteiger partial charge on any atom is -0.334 e. The SMILES string of the molecule is CC[NH+](CC)CC(C)(C)NS(=O)(=O)c1ccccc1. The van der Waals surface area contributed by atoms with E-state index in [1.54, 1.807) is 24.3 Å². The van der Waals surface area contributed by atoms with Crippen molar-refractivity contribution in [1.82, 2.24) is 4.72 Å². The molecule has 1 aromatic rings. The van der Waals surface area contributed by atoms with Gasteiger partial charge in [-0.25, -0.2) is 8.42 Å². The summed E-state index contributed by atoms with van der Waals surface area (Å²) in [6.45, 7) is 10.8. The van der Waals surface area contributed by atoms with Gasteiger partial charge in [-0.1, -0.05) is 18.2 Å². The molecule has 0 aromatic heterocycles. The lowest BCUT2D eigenvalue weighted by Gasteiger charge is -2.29. The van der Waals surface area contributed by atoms with Gasteiger partial charge in [0.2, 0.25) is 10.0 Å². The van der Waals surface area contributed by atoms with Crippen LogP contribution in [-0.2, 0) is 10.0 Å². The van der Waals surface area contributed by atoms with Gasteiger partial charge in [0.15, 0.2) is 0 Å². The van der Waals surface area contributed by atoms with Gasteiger partial charge < -0.3 is 4.90 Å². The average Bonchev–Trinajstić information content (AvgIpc) is 2.36. The second-order valence-electron chi connectivity index (χ2n) is 5.44. The molecular weight excluding hydrogens is 260 g/mol. The maximum Gasteiger partial charge on any atom is 0.241 e. The first-order valence-corrected chi connectivity index (χ1v) is 8.21. The van der Waals surface area contributed by atoms with E-state index in [1.165, 1.54) is 4.90 Å². The number of likely N-dealkylation sites (N-methyl/N-ethyl adjacent to an activating group) is 1. The first-order valence-electron chi connectivity index (χ1n) is 6.73. The predicted molar refractivity (Wildman–Crippen MR) is 77.8 cm³/mol. The Balaban J connectivity index is 2.83. The Morgan fingerprint density at radius 1 is 1.11 bits per heavy atom. The van der Waals surface area contributed by atoms with Gasteiger partial charge in [-0.05, 0) is 39.8 Å². The van der Waals surface area contributed by atoms with E-state index in [1.807, 2.05) is 19.9 Å². The molecule has 4 nitrogen and oxygen atoms in total. The van der Waals surface area contributed by atoms with Crippen LogP contribution in [0.3, 0.4) is 0 Å². The summed E-state index contributed by atoms with van der Waals surface area (Å²) in [6.07, 6.45) is 0. The lowest BCUT2D eigenvalue weighted by molar-refractivity contribution is -0.899. The molecule has 1 aromatic carbocycles. The summed E-state index contributed by atoms with van der Waals surface area (Å²) in [6, 6.07) is 8.50. The maximum atomic E-state index is 12.3. The number of hydrogen-bond acceptors (Lipinski definition) is 2. The molecule has 0 spiro atoms. The highest BCUT2D eigenvalue weighted by Crippen LogP contribution is 2.11. The molecule has 0 saturated carbocycles. The molecule has 0 saturated heterocycles. The first-order chi connectivity index (χ1) is 8.80. The van der Waals surface area contributed by atoms with E-state index in [0.29, 0.717) is 4.90 Å². The molecule has 2 N–H and O–H groups in total. The largest absolute Gasteiger partial charge is 0.334 e. The molecule has 1 rings (SSSR count). The highest BCUT2D eigenvalue weighted by atomic mass is 32.2. The predicted octanol–water partition coefficient (Wildman–Crippen LogP) is 0.668. The normalized spacial score (nSPS) is 12.9. The molecule has 108 valence electrons. The summed E-state index contributed by atoms with van der Waals surface area (Å²) in [5.74, 6) is 0. The van der Waals surface area contributed by atoms with Crippen molar-refractivity contribution in [2.24, 2.45) is 0 Å². The summed E-state index contributed by atoms with van der Waals surface area (Å²) in [7, 11) is -3.44. The highest BCUT2D eigenvalue weighted by Gasteiger charge is 2.29. The van der Waals surface area contributed by atoms with E-state index in [9.17, 15) is 8.42 Å². The summed E-state index contributed by atoms with van der Waals surface area (Å²) >= 11 is 0. The molecule has 0 heterocycles. The zero-order chi connectivity index (χ0) is 14.5. The topological polar surface area (TPSA) is 50.6 Å². The Morgan fingerprint density at radius 3 is 2.11 bits per heavy atom. The van der Waals surface area contributed by atoms with Crippen molar-refractivity contribution in [2.45, 2.75) is 38.1 Å². The number of rotatable bonds is 7. The minimum absolute atomic E-state index is 0.317. The summed E-state index contributed by atoms with van der Waals surface area (Å²) < 4.78 is 27.4. The van der Waals surface area contributed by atoms with Crippen LogP contribution in [0, 0.1) is 0 Å². The van der Waals surface area contributed by atoms with Crippen molar-refractivity contribution in [3.05, 3.63) is 30.3 Å². The molecule has 5 heteroatoms. The Labute approximate surface area is 116 Å². The van der Waals surface area contributed by atoms with E-state index in [2.05, 4.69) is 18.6 Å². The summed E-state index contributed by atoms with van der Waals surface area (Å²) in [5, 5.41) is 0. The Morgan fingerprint density at radius 2 is 1.63 bits per heavy atom. The smallest absolute Gasteiger partial charge is 0.241 e.